The molecule has 2 unspecified atom stereocenters. The second-order valence-corrected chi connectivity index (χ2v) is 5.87. The topological polar surface area (TPSA) is 41.6 Å². The highest BCUT2D eigenvalue weighted by atomic mass is 16.5. The average molecular weight is 288 g/mol. The maximum atomic E-state index is 12.9. The third-order valence-electron chi connectivity index (χ3n) is 4.52. The molecular weight excluding hydrogens is 264 g/mol. The highest BCUT2D eigenvalue weighted by molar-refractivity contribution is 5.86. The Labute approximate surface area is 126 Å². The van der Waals surface area contributed by atoms with E-state index in [-0.39, 0.29) is 17.9 Å². The van der Waals surface area contributed by atoms with E-state index in [0.717, 1.165) is 56.8 Å². The summed E-state index contributed by atoms with van der Waals surface area (Å²) in [6, 6.07) is 8.17. The molecule has 2 heterocycles. The van der Waals surface area contributed by atoms with E-state index >= 15 is 0 Å². The third-order valence-corrected chi connectivity index (χ3v) is 4.52. The molecular formula is C17H24N2O2. The zero-order valence-corrected chi connectivity index (χ0v) is 12.7. The fraction of sp³-hybridized carbons (Fsp3) is 0.588. The van der Waals surface area contributed by atoms with Crippen LogP contribution in [0.5, 0.6) is 0 Å². The van der Waals surface area contributed by atoms with Crippen LogP contribution in [-0.2, 0) is 9.53 Å². The van der Waals surface area contributed by atoms with Crippen LogP contribution < -0.4 is 5.32 Å². The summed E-state index contributed by atoms with van der Waals surface area (Å²) in [5.74, 6) is 0.241. The number of amides is 1. The first-order valence-electron chi connectivity index (χ1n) is 8.02. The summed E-state index contributed by atoms with van der Waals surface area (Å²) in [5.41, 5.74) is 2.25. The number of ether oxygens (including phenoxy) is 1. The molecule has 21 heavy (non-hydrogen) atoms. The number of fused-ring (bicyclic) bond motifs is 1. The van der Waals surface area contributed by atoms with E-state index in [0.29, 0.717) is 0 Å². The van der Waals surface area contributed by atoms with E-state index in [9.17, 15) is 4.79 Å². The van der Waals surface area contributed by atoms with Crippen LogP contribution in [0, 0.1) is 0 Å². The summed E-state index contributed by atoms with van der Waals surface area (Å²) < 4.78 is 5.69. The van der Waals surface area contributed by atoms with Gasteiger partial charge in [0.1, 0.15) is 0 Å². The van der Waals surface area contributed by atoms with E-state index in [1.165, 1.54) is 0 Å². The third kappa shape index (κ3) is 3.05. The van der Waals surface area contributed by atoms with Gasteiger partial charge in [0.2, 0.25) is 5.91 Å². The lowest BCUT2D eigenvalue weighted by molar-refractivity contribution is -0.134. The van der Waals surface area contributed by atoms with Crippen LogP contribution >= 0.6 is 0 Å². The number of likely N-dealkylation sites (N-methyl/N-ethyl adjacent to an activating group) is 1. The summed E-state index contributed by atoms with van der Waals surface area (Å²) in [4.78, 5) is 14.9. The molecule has 4 nitrogen and oxygen atoms in total. The van der Waals surface area contributed by atoms with Crippen molar-refractivity contribution >= 4 is 11.6 Å². The summed E-state index contributed by atoms with van der Waals surface area (Å²) in [7, 11) is 0. The molecule has 0 spiro atoms. The number of carbonyl (C=O) groups excluding carboxylic acids is 1. The number of anilines is 1. The van der Waals surface area contributed by atoms with Gasteiger partial charge >= 0.3 is 0 Å². The highest BCUT2D eigenvalue weighted by Crippen LogP contribution is 2.32. The van der Waals surface area contributed by atoms with Crippen LogP contribution in [0.1, 0.15) is 37.7 Å². The Morgan fingerprint density at radius 2 is 2.24 bits per heavy atom. The van der Waals surface area contributed by atoms with Crippen molar-refractivity contribution in [1.29, 1.82) is 0 Å². The molecule has 0 saturated carbocycles. The van der Waals surface area contributed by atoms with Gasteiger partial charge in [0.05, 0.1) is 12.0 Å². The van der Waals surface area contributed by atoms with E-state index in [1.54, 1.807) is 0 Å². The molecule has 1 saturated heterocycles. The van der Waals surface area contributed by atoms with Crippen molar-refractivity contribution in [2.45, 2.75) is 38.2 Å². The Morgan fingerprint density at radius 1 is 1.38 bits per heavy atom. The monoisotopic (exact) mass is 288 g/mol. The van der Waals surface area contributed by atoms with Crippen LogP contribution in [0.25, 0.3) is 0 Å². The molecule has 3 rings (SSSR count). The number of rotatable bonds is 4. The van der Waals surface area contributed by atoms with E-state index in [4.69, 9.17) is 4.74 Å². The number of nitrogens with one attached hydrogen (secondary N) is 1. The molecule has 1 amide bonds. The molecule has 0 aliphatic carbocycles. The minimum Gasteiger partial charge on any atom is -0.385 e. The molecule has 0 aromatic heterocycles. The Balaban J connectivity index is 1.74. The molecule has 0 bridgehead atoms. The van der Waals surface area contributed by atoms with Gasteiger partial charge < -0.3 is 15.0 Å². The molecule has 1 fully saturated rings. The Morgan fingerprint density at radius 3 is 3.00 bits per heavy atom. The second kappa shape index (κ2) is 6.48. The van der Waals surface area contributed by atoms with Gasteiger partial charge in [0.15, 0.2) is 0 Å². The van der Waals surface area contributed by atoms with Gasteiger partial charge in [-0.05, 0) is 37.8 Å². The average Bonchev–Trinajstić information content (AvgIpc) is 3.04. The first-order chi connectivity index (χ1) is 10.3. The molecule has 0 radical (unpaired) electrons. The van der Waals surface area contributed by atoms with Crippen LogP contribution in [-0.4, -0.2) is 43.2 Å². The molecule has 2 aliphatic heterocycles. The predicted octanol–water partition coefficient (Wildman–Crippen LogP) is 2.61. The molecule has 114 valence electrons. The number of carbonyl (C=O) groups is 1. The molecule has 2 aliphatic rings. The lowest BCUT2D eigenvalue weighted by Crippen LogP contribution is -2.41. The van der Waals surface area contributed by atoms with Gasteiger partial charge in [-0.1, -0.05) is 18.2 Å². The maximum Gasteiger partial charge on any atom is 0.230 e. The number of benzene rings is 1. The quantitative estimate of drug-likeness (QED) is 0.926. The zero-order chi connectivity index (χ0) is 14.7. The molecule has 1 aromatic rings. The van der Waals surface area contributed by atoms with Crippen molar-refractivity contribution < 1.29 is 9.53 Å². The van der Waals surface area contributed by atoms with Gasteiger partial charge in [-0.3, -0.25) is 4.79 Å². The smallest absolute Gasteiger partial charge is 0.230 e. The lowest BCUT2D eigenvalue weighted by atomic mass is 9.89. The fourth-order valence-electron chi connectivity index (χ4n) is 3.35. The fourth-order valence-corrected chi connectivity index (χ4v) is 3.35. The van der Waals surface area contributed by atoms with Crippen molar-refractivity contribution in [2.24, 2.45) is 0 Å². The van der Waals surface area contributed by atoms with Gasteiger partial charge in [-0.15, -0.1) is 0 Å². The van der Waals surface area contributed by atoms with Crippen molar-refractivity contribution in [1.82, 2.24) is 4.90 Å². The molecule has 1 N–H and O–H groups in total. The molecule has 2 atom stereocenters. The lowest BCUT2D eigenvalue weighted by Gasteiger charge is -2.32. The predicted molar refractivity (Wildman–Crippen MR) is 83.5 cm³/mol. The number of nitrogens with zero attached hydrogens (tertiary/aromatic N) is 1. The first-order valence-corrected chi connectivity index (χ1v) is 8.02. The normalized spacial score (nSPS) is 24.2. The summed E-state index contributed by atoms with van der Waals surface area (Å²) in [5, 5.41) is 3.38. The van der Waals surface area contributed by atoms with E-state index < -0.39 is 0 Å². The van der Waals surface area contributed by atoms with Crippen molar-refractivity contribution in [3.63, 3.8) is 0 Å². The Bertz CT molecular complexity index is 497. The highest BCUT2D eigenvalue weighted by Gasteiger charge is 2.31. The standard InChI is InChI=1S/C17H24N2O2/c1-2-19(12-13-6-5-11-21-13)17(20)15-9-10-18-16-8-4-3-7-14(15)16/h3-4,7-8,13,15,18H,2,5-6,9-12H2,1H3. The number of hydrogen-bond acceptors (Lipinski definition) is 3. The molecule has 4 heteroatoms. The zero-order valence-electron chi connectivity index (χ0n) is 12.7. The number of hydrogen-bond donors (Lipinski definition) is 1. The van der Waals surface area contributed by atoms with Crippen molar-refractivity contribution in [3.8, 4) is 0 Å². The molecule has 1 aromatic carbocycles. The van der Waals surface area contributed by atoms with Crippen molar-refractivity contribution in [3.05, 3.63) is 29.8 Å². The second-order valence-electron chi connectivity index (χ2n) is 5.87. The van der Waals surface area contributed by atoms with Crippen LogP contribution in [0.15, 0.2) is 24.3 Å². The largest absolute Gasteiger partial charge is 0.385 e. The van der Waals surface area contributed by atoms with Crippen LogP contribution in [0.3, 0.4) is 0 Å². The van der Waals surface area contributed by atoms with Crippen molar-refractivity contribution in [2.75, 3.05) is 31.6 Å². The van der Waals surface area contributed by atoms with E-state index in [2.05, 4.69) is 24.4 Å². The van der Waals surface area contributed by atoms with Gasteiger partial charge in [0, 0.05) is 31.9 Å². The minimum atomic E-state index is -0.0104. The maximum absolute atomic E-state index is 12.9. The SMILES string of the molecule is CCN(CC1CCCO1)C(=O)C1CCNc2ccccc21. The summed E-state index contributed by atoms with van der Waals surface area (Å²) in [6.45, 7) is 5.25. The van der Waals surface area contributed by atoms with Gasteiger partial charge in [-0.25, -0.2) is 0 Å². The van der Waals surface area contributed by atoms with Gasteiger partial charge in [0.25, 0.3) is 0 Å². The van der Waals surface area contributed by atoms with Crippen LogP contribution in [0.2, 0.25) is 0 Å². The Hall–Kier alpha value is -1.55. The van der Waals surface area contributed by atoms with E-state index in [1.807, 2.05) is 17.0 Å². The summed E-state index contributed by atoms with van der Waals surface area (Å²) in [6.07, 6.45) is 3.29. The van der Waals surface area contributed by atoms with Crippen LogP contribution in [0.4, 0.5) is 5.69 Å². The van der Waals surface area contributed by atoms with Gasteiger partial charge in [-0.2, -0.15) is 0 Å². The summed E-state index contributed by atoms with van der Waals surface area (Å²) >= 11 is 0. The first kappa shape index (κ1) is 14.4. The number of para-hydroxylation sites is 1. The minimum absolute atomic E-state index is 0.0104. The Kier molecular flexibility index (Phi) is 4.44.